The van der Waals surface area contributed by atoms with Crippen LogP contribution in [0.3, 0.4) is 0 Å². The minimum Gasteiger partial charge on any atom is -0.496 e. The second-order valence-electron chi connectivity index (χ2n) is 6.02. The maximum Gasteiger partial charge on any atom is 0.410 e. The van der Waals surface area contributed by atoms with Crippen molar-refractivity contribution in [1.29, 1.82) is 0 Å². The average molecular weight is 336 g/mol. The third-order valence-corrected chi connectivity index (χ3v) is 2.92. The van der Waals surface area contributed by atoms with Crippen LogP contribution in [0.1, 0.15) is 36.8 Å². The molecule has 24 heavy (non-hydrogen) atoms. The lowest BCUT2D eigenvalue weighted by Crippen LogP contribution is -2.36. The quantitative estimate of drug-likeness (QED) is 0.587. The van der Waals surface area contributed by atoms with E-state index in [1.54, 1.807) is 26.8 Å². The number of hydrogen-bond acceptors (Lipinski definition) is 6. The number of pyridine rings is 1. The molecule has 0 unspecified atom stereocenters. The van der Waals surface area contributed by atoms with Crippen molar-refractivity contribution in [3.8, 4) is 5.75 Å². The van der Waals surface area contributed by atoms with E-state index in [1.807, 2.05) is 0 Å². The fourth-order valence-corrected chi connectivity index (χ4v) is 1.88. The molecule has 0 saturated carbocycles. The highest BCUT2D eigenvalue weighted by atomic mass is 16.6. The molecule has 1 amide bonds. The summed E-state index contributed by atoms with van der Waals surface area (Å²) in [5.41, 5.74) is 0.164. The van der Waals surface area contributed by atoms with Crippen LogP contribution >= 0.6 is 0 Å². The topological polar surface area (TPSA) is 78.0 Å². The van der Waals surface area contributed by atoms with Crippen molar-refractivity contribution >= 4 is 12.1 Å². The van der Waals surface area contributed by atoms with Gasteiger partial charge in [-0.05, 0) is 20.8 Å². The van der Waals surface area contributed by atoms with Gasteiger partial charge in [-0.1, -0.05) is 6.08 Å². The van der Waals surface area contributed by atoms with E-state index < -0.39 is 17.7 Å². The zero-order chi connectivity index (χ0) is 18.3. The zero-order valence-corrected chi connectivity index (χ0v) is 14.8. The standard InChI is InChI=1S/C17H24N2O5/c1-7-8-19(16(21)24-17(2,3)4)11-12-10-18-13(15(20)23-6)9-14(12)22-5/h7,9-10H,1,8,11H2,2-6H3. The lowest BCUT2D eigenvalue weighted by molar-refractivity contribution is 0.0255. The van der Waals surface area contributed by atoms with Crippen molar-refractivity contribution < 1.29 is 23.8 Å². The summed E-state index contributed by atoms with van der Waals surface area (Å²) in [6.45, 7) is 9.55. The van der Waals surface area contributed by atoms with Gasteiger partial charge in [0.05, 0.1) is 20.8 Å². The van der Waals surface area contributed by atoms with Gasteiger partial charge in [0.15, 0.2) is 5.69 Å². The van der Waals surface area contributed by atoms with Crippen LogP contribution in [0.4, 0.5) is 4.79 Å². The third kappa shape index (κ3) is 5.57. The van der Waals surface area contributed by atoms with E-state index >= 15 is 0 Å². The van der Waals surface area contributed by atoms with E-state index in [2.05, 4.69) is 16.3 Å². The number of carbonyl (C=O) groups is 2. The molecule has 0 saturated heterocycles. The molecule has 0 radical (unpaired) electrons. The van der Waals surface area contributed by atoms with Gasteiger partial charge in [-0.15, -0.1) is 6.58 Å². The highest BCUT2D eigenvalue weighted by Gasteiger charge is 2.23. The molecule has 0 fully saturated rings. The number of hydrogen-bond donors (Lipinski definition) is 0. The first kappa shape index (κ1) is 19.5. The summed E-state index contributed by atoms with van der Waals surface area (Å²) in [6.07, 6.45) is 2.61. The van der Waals surface area contributed by atoms with Gasteiger partial charge >= 0.3 is 12.1 Å². The second kappa shape index (κ2) is 8.33. The number of nitrogens with zero attached hydrogens (tertiary/aromatic N) is 2. The monoisotopic (exact) mass is 336 g/mol. The molecule has 1 heterocycles. The van der Waals surface area contributed by atoms with Crippen LogP contribution in [-0.4, -0.2) is 48.3 Å². The second-order valence-corrected chi connectivity index (χ2v) is 6.02. The molecule has 0 aliphatic carbocycles. The summed E-state index contributed by atoms with van der Waals surface area (Å²) < 4.78 is 15.3. The maximum absolute atomic E-state index is 12.3. The van der Waals surface area contributed by atoms with Crippen molar-refractivity contribution in [3.63, 3.8) is 0 Å². The SMILES string of the molecule is C=CCN(Cc1cnc(C(=O)OC)cc1OC)C(=O)OC(C)(C)C. The third-order valence-electron chi connectivity index (χ3n) is 2.92. The van der Waals surface area contributed by atoms with E-state index in [1.165, 1.54) is 31.4 Å². The van der Waals surface area contributed by atoms with Crippen molar-refractivity contribution in [2.24, 2.45) is 0 Å². The Bertz CT molecular complexity index is 607. The Kier molecular flexibility index (Phi) is 6.76. The number of methoxy groups -OCH3 is 2. The fraction of sp³-hybridized carbons (Fsp3) is 0.471. The minimum atomic E-state index is -0.604. The highest BCUT2D eigenvalue weighted by Crippen LogP contribution is 2.22. The fourth-order valence-electron chi connectivity index (χ4n) is 1.88. The first-order chi connectivity index (χ1) is 11.2. The number of rotatable bonds is 6. The molecule has 0 spiro atoms. The van der Waals surface area contributed by atoms with Gasteiger partial charge in [-0.3, -0.25) is 4.90 Å². The van der Waals surface area contributed by atoms with Crippen LogP contribution in [0, 0.1) is 0 Å². The predicted octanol–water partition coefficient (Wildman–Crippen LogP) is 2.80. The maximum atomic E-state index is 12.3. The molecule has 0 aliphatic rings. The normalized spacial score (nSPS) is 10.7. The number of amides is 1. The Morgan fingerprint density at radius 2 is 2.00 bits per heavy atom. The van der Waals surface area contributed by atoms with Crippen molar-refractivity contribution in [1.82, 2.24) is 9.88 Å². The van der Waals surface area contributed by atoms with Crippen LogP contribution in [-0.2, 0) is 16.0 Å². The number of ether oxygens (including phenoxy) is 3. The molecular formula is C17H24N2O5. The Labute approximate surface area is 142 Å². The predicted molar refractivity (Wildman–Crippen MR) is 89.0 cm³/mol. The van der Waals surface area contributed by atoms with Crippen LogP contribution in [0.2, 0.25) is 0 Å². The molecule has 1 aromatic heterocycles. The molecule has 0 bridgehead atoms. The van der Waals surface area contributed by atoms with Gasteiger partial charge in [0.2, 0.25) is 0 Å². The molecule has 7 heteroatoms. The zero-order valence-electron chi connectivity index (χ0n) is 14.8. The first-order valence-electron chi connectivity index (χ1n) is 7.42. The van der Waals surface area contributed by atoms with Crippen molar-refractivity contribution in [2.75, 3.05) is 20.8 Å². The van der Waals surface area contributed by atoms with E-state index in [4.69, 9.17) is 9.47 Å². The van der Waals surface area contributed by atoms with E-state index in [0.717, 1.165) is 0 Å². The Hall–Kier alpha value is -2.57. The van der Waals surface area contributed by atoms with Crippen LogP contribution in [0.15, 0.2) is 24.9 Å². The van der Waals surface area contributed by atoms with Gasteiger partial charge in [0, 0.05) is 24.4 Å². The Morgan fingerprint density at radius 1 is 1.33 bits per heavy atom. The largest absolute Gasteiger partial charge is 0.496 e. The molecule has 132 valence electrons. The van der Waals surface area contributed by atoms with E-state index in [-0.39, 0.29) is 12.2 Å². The average Bonchev–Trinajstić information content (AvgIpc) is 2.52. The summed E-state index contributed by atoms with van der Waals surface area (Å²) in [4.78, 5) is 29.4. The highest BCUT2D eigenvalue weighted by molar-refractivity contribution is 5.87. The smallest absolute Gasteiger partial charge is 0.410 e. The molecular weight excluding hydrogens is 312 g/mol. The summed E-state index contributed by atoms with van der Waals surface area (Å²) in [5, 5.41) is 0. The summed E-state index contributed by atoms with van der Waals surface area (Å²) in [7, 11) is 2.75. The minimum absolute atomic E-state index is 0.130. The number of aromatic nitrogens is 1. The molecule has 1 aromatic rings. The van der Waals surface area contributed by atoms with Crippen LogP contribution in [0.25, 0.3) is 0 Å². The van der Waals surface area contributed by atoms with Crippen molar-refractivity contribution in [3.05, 3.63) is 36.2 Å². The molecule has 0 N–H and O–H groups in total. The number of carbonyl (C=O) groups excluding carboxylic acids is 2. The molecule has 0 aromatic carbocycles. The van der Waals surface area contributed by atoms with Gasteiger partial charge in [0.1, 0.15) is 11.4 Å². The molecule has 0 aliphatic heterocycles. The van der Waals surface area contributed by atoms with E-state index in [9.17, 15) is 9.59 Å². The molecule has 0 atom stereocenters. The number of esters is 1. The Balaban J connectivity index is 3.03. The van der Waals surface area contributed by atoms with Crippen molar-refractivity contribution in [2.45, 2.75) is 32.9 Å². The van der Waals surface area contributed by atoms with Gasteiger partial charge < -0.3 is 14.2 Å². The lowest BCUT2D eigenvalue weighted by atomic mass is 10.2. The van der Waals surface area contributed by atoms with Crippen LogP contribution in [0.5, 0.6) is 5.75 Å². The molecule has 1 rings (SSSR count). The van der Waals surface area contributed by atoms with Gasteiger partial charge in [-0.2, -0.15) is 0 Å². The Morgan fingerprint density at radius 3 is 2.50 bits per heavy atom. The van der Waals surface area contributed by atoms with Crippen LogP contribution < -0.4 is 4.74 Å². The summed E-state index contributed by atoms with van der Waals surface area (Å²) in [5.74, 6) is -0.127. The summed E-state index contributed by atoms with van der Waals surface area (Å²) >= 11 is 0. The summed E-state index contributed by atoms with van der Waals surface area (Å²) in [6, 6.07) is 1.47. The first-order valence-corrected chi connectivity index (χ1v) is 7.42. The lowest BCUT2D eigenvalue weighted by Gasteiger charge is -2.27. The van der Waals surface area contributed by atoms with Gasteiger partial charge in [-0.25, -0.2) is 14.6 Å². The molecule has 7 nitrogen and oxygen atoms in total. The van der Waals surface area contributed by atoms with E-state index in [0.29, 0.717) is 17.9 Å². The van der Waals surface area contributed by atoms with Gasteiger partial charge in [0.25, 0.3) is 0 Å².